The Bertz CT molecular complexity index is 763. The second-order valence-electron chi connectivity index (χ2n) is 5.68. The highest BCUT2D eigenvalue weighted by Gasteiger charge is 2.11. The number of nitrogens with one attached hydrogen (secondary N) is 1. The van der Waals surface area contributed by atoms with Crippen LogP contribution >= 0.6 is 47.2 Å². The van der Waals surface area contributed by atoms with Crippen LogP contribution in [0.25, 0.3) is 0 Å². The van der Waals surface area contributed by atoms with E-state index in [0.29, 0.717) is 15.8 Å². The summed E-state index contributed by atoms with van der Waals surface area (Å²) in [7, 11) is 0. The Balaban J connectivity index is 0.00000364. The van der Waals surface area contributed by atoms with Gasteiger partial charge in [-0.3, -0.25) is 4.99 Å². The normalized spacial score (nSPS) is 13.4. The van der Waals surface area contributed by atoms with E-state index in [1.807, 2.05) is 6.92 Å². The minimum absolute atomic E-state index is 0. The van der Waals surface area contributed by atoms with Gasteiger partial charge in [0.15, 0.2) is 5.96 Å². The fraction of sp³-hybridized carbons (Fsp3) is 0.278. The molecule has 9 heteroatoms. The zero-order valence-electron chi connectivity index (χ0n) is 14.5. The summed E-state index contributed by atoms with van der Waals surface area (Å²) in [5.41, 5.74) is 6.67. The topological polar surface area (TPSA) is 79.9 Å². The highest BCUT2D eigenvalue weighted by molar-refractivity contribution is 14.0. The molecule has 0 saturated carbocycles. The average Bonchev–Trinajstić information content (AvgIpc) is 2.59. The van der Waals surface area contributed by atoms with Crippen LogP contribution in [-0.4, -0.2) is 30.3 Å². The molecule has 2 aromatic carbocycles. The van der Waals surface area contributed by atoms with E-state index in [-0.39, 0.29) is 54.9 Å². The van der Waals surface area contributed by atoms with E-state index in [1.165, 1.54) is 24.3 Å². The van der Waals surface area contributed by atoms with Gasteiger partial charge in [-0.15, -0.1) is 24.0 Å². The highest BCUT2D eigenvalue weighted by Crippen LogP contribution is 2.25. The molecule has 0 radical (unpaired) electrons. The molecule has 0 fully saturated rings. The van der Waals surface area contributed by atoms with Gasteiger partial charge in [-0.1, -0.05) is 29.3 Å². The van der Waals surface area contributed by atoms with Gasteiger partial charge in [0.1, 0.15) is 24.3 Å². The van der Waals surface area contributed by atoms with Crippen LogP contribution in [0.4, 0.5) is 4.39 Å². The van der Waals surface area contributed by atoms with Crippen molar-refractivity contribution in [1.29, 1.82) is 0 Å². The molecular formula is C18H21Cl2FIN3O2. The first-order valence-electron chi connectivity index (χ1n) is 7.93. The van der Waals surface area contributed by atoms with E-state index in [2.05, 4.69) is 10.3 Å². The standard InChI is InChI=1S/C18H20Cl2FN3O2.HI/c1-11(16-7-2-12(19)8-17(16)20)24-18(22)23-9-14(25)10-26-15-5-3-13(21)4-6-15;/h2-8,11,14,25H,9-10H2,1H3,(H3,22,23,24);1H. The molecule has 0 aliphatic carbocycles. The lowest BCUT2D eigenvalue weighted by atomic mass is 10.1. The number of aliphatic hydroxyl groups is 1. The Hall–Kier alpha value is -1.29. The van der Waals surface area contributed by atoms with Crippen molar-refractivity contribution in [3.8, 4) is 5.75 Å². The Morgan fingerprint density at radius 3 is 2.56 bits per heavy atom. The zero-order valence-corrected chi connectivity index (χ0v) is 18.4. The monoisotopic (exact) mass is 527 g/mol. The SMILES string of the molecule is CC(NC(N)=NCC(O)COc1ccc(F)cc1)c1ccc(Cl)cc1Cl.I. The number of guanidine groups is 1. The van der Waals surface area contributed by atoms with Crippen LogP contribution in [0.3, 0.4) is 0 Å². The maximum absolute atomic E-state index is 12.8. The van der Waals surface area contributed by atoms with Gasteiger partial charge < -0.3 is 20.9 Å². The van der Waals surface area contributed by atoms with E-state index in [0.717, 1.165) is 5.56 Å². The van der Waals surface area contributed by atoms with Crippen LogP contribution < -0.4 is 15.8 Å². The third kappa shape index (κ3) is 8.08. The van der Waals surface area contributed by atoms with Crippen molar-refractivity contribution in [1.82, 2.24) is 5.32 Å². The van der Waals surface area contributed by atoms with Gasteiger partial charge in [-0.25, -0.2) is 4.39 Å². The highest BCUT2D eigenvalue weighted by atomic mass is 127. The van der Waals surface area contributed by atoms with E-state index in [9.17, 15) is 9.50 Å². The molecule has 0 saturated heterocycles. The minimum atomic E-state index is -0.852. The van der Waals surface area contributed by atoms with Crippen molar-refractivity contribution in [2.45, 2.75) is 19.1 Å². The lowest BCUT2D eigenvalue weighted by molar-refractivity contribution is 0.114. The minimum Gasteiger partial charge on any atom is -0.491 e. The van der Waals surface area contributed by atoms with E-state index < -0.39 is 6.10 Å². The molecule has 0 spiro atoms. The predicted octanol–water partition coefficient (Wildman–Crippen LogP) is 4.16. The van der Waals surface area contributed by atoms with E-state index in [4.69, 9.17) is 33.7 Å². The van der Waals surface area contributed by atoms with Gasteiger partial charge in [0.25, 0.3) is 0 Å². The lowest BCUT2D eigenvalue weighted by Crippen LogP contribution is -2.35. The molecule has 0 bridgehead atoms. The molecule has 4 N–H and O–H groups in total. The first-order valence-corrected chi connectivity index (χ1v) is 8.68. The van der Waals surface area contributed by atoms with Crippen LogP contribution in [0.2, 0.25) is 10.0 Å². The van der Waals surface area contributed by atoms with Crippen LogP contribution in [0.15, 0.2) is 47.5 Å². The van der Waals surface area contributed by atoms with Crippen LogP contribution in [0.1, 0.15) is 18.5 Å². The van der Waals surface area contributed by atoms with Crippen LogP contribution in [0, 0.1) is 5.82 Å². The number of hydrogen-bond donors (Lipinski definition) is 3. The van der Waals surface area contributed by atoms with Crippen molar-refractivity contribution < 1.29 is 14.2 Å². The Morgan fingerprint density at radius 1 is 1.26 bits per heavy atom. The first-order chi connectivity index (χ1) is 12.3. The lowest BCUT2D eigenvalue weighted by Gasteiger charge is -2.17. The molecule has 2 atom stereocenters. The van der Waals surface area contributed by atoms with Gasteiger partial charge in [0, 0.05) is 10.0 Å². The van der Waals surface area contributed by atoms with Crippen LogP contribution in [0.5, 0.6) is 5.75 Å². The molecule has 27 heavy (non-hydrogen) atoms. The molecule has 0 aliphatic rings. The third-order valence-corrected chi connectivity index (χ3v) is 4.08. The fourth-order valence-electron chi connectivity index (χ4n) is 2.18. The fourth-order valence-corrected chi connectivity index (χ4v) is 2.75. The van der Waals surface area contributed by atoms with Crippen molar-refractivity contribution >= 4 is 53.1 Å². The molecular weight excluding hydrogens is 507 g/mol. The second-order valence-corrected chi connectivity index (χ2v) is 6.52. The predicted molar refractivity (Wildman–Crippen MR) is 118 cm³/mol. The summed E-state index contributed by atoms with van der Waals surface area (Å²) < 4.78 is 18.2. The van der Waals surface area contributed by atoms with Gasteiger partial charge in [0.05, 0.1) is 12.6 Å². The number of halogens is 4. The molecule has 2 unspecified atom stereocenters. The number of hydrogen-bond acceptors (Lipinski definition) is 3. The number of aliphatic imine (C=N–C) groups is 1. The van der Waals surface area contributed by atoms with Gasteiger partial charge in [-0.05, 0) is 48.9 Å². The summed E-state index contributed by atoms with van der Waals surface area (Å²) in [5, 5.41) is 14.0. The smallest absolute Gasteiger partial charge is 0.189 e. The number of aliphatic hydroxyl groups excluding tert-OH is 1. The molecule has 2 aromatic rings. The molecule has 148 valence electrons. The number of nitrogens with two attached hydrogens (primary N) is 1. The van der Waals surface area contributed by atoms with Gasteiger partial charge in [-0.2, -0.15) is 0 Å². The molecule has 0 aromatic heterocycles. The molecule has 2 rings (SSSR count). The second kappa shape index (κ2) is 11.5. The zero-order chi connectivity index (χ0) is 19.1. The maximum atomic E-state index is 12.8. The summed E-state index contributed by atoms with van der Waals surface area (Å²) >= 11 is 12.0. The number of rotatable bonds is 7. The Labute approximate surface area is 184 Å². The molecule has 5 nitrogen and oxygen atoms in total. The van der Waals surface area contributed by atoms with Crippen molar-refractivity contribution in [2.75, 3.05) is 13.2 Å². The van der Waals surface area contributed by atoms with E-state index >= 15 is 0 Å². The Morgan fingerprint density at radius 2 is 1.93 bits per heavy atom. The average molecular weight is 528 g/mol. The number of benzene rings is 2. The van der Waals surface area contributed by atoms with E-state index in [1.54, 1.807) is 18.2 Å². The number of ether oxygens (including phenoxy) is 1. The van der Waals surface area contributed by atoms with Crippen molar-refractivity contribution in [3.05, 3.63) is 63.9 Å². The quantitative estimate of drug-likeness (QED) is 0.287. The third-order valence-electron chi connectivity index (χ3n) is 3.52. The van der Waals surface area contributed by atoms with Crippen molar-refractivity contribution in [3.63, 3.8) is 0 Å². The molecule has 0 heterocycles. The first kappa shape index (κ1) is 23.7. The largest absolute Gasteiger partial charge is 0.491 e. The Kier molecular flexibility index (Phi) is 10.1. The molecule has 0 aliphatic heterocycles. The summed E-state index contributed by atoms with van der Waals surface area (Å²) in [5.74, 6) is 0.284. The van der Waals surface area contributed by atoms with Gasteiger partial charge in [0.2, 0.25) is 0 Å². The summed E-state index contributed by atoms with van der Waals surface area (Å²) in [4.78, 5) is 4.09. The molecule has 0 amide bonds. The van der Waals surface area contributed by atoms with Gasteiger partial charge >= 0.3 is 0 Å². The maximum Gasteiger partial charge on any atom is 0.189 e. The van der Waals surface area contributed by atoms with Crippen molar-refractivity contribution in [2.24, 2.45) is 10.7 Å². The summed E-state index contributed by atoms with van der Waals surface area (Å²) in [6, 6.07) is 10.6. The number of nitrogens with zero attached hydrogens (tertiary/aromatic N) is 1. The summed E-state index contributed by atoms with van der Waals surface area (Å²) in [6.45, 7) is 1.95. The summed E-state index contributed by atoms with van der Waals surface area (Å²) in [6.07, 6.45) is -0.852. The van der Waals surface area contributed by atoms with Crippen LogP contribution in [-0.2, 0) is 0 Å².